The summed E-state index contributed by atoms with van der Waals surface area (Å²) < 4.78 is 40.1. The average molecular weight is 344 g/mol. The first-order valence-corrected chi connectivity index (χ1v) is 7.59. The Morgan fingerprint density at radius 3 is 2.42 bits per heavy atom. The van der Waals surface area contributed by atoms with Gasteiger partial charge in [-0.15, -0.1) is 13.2 Å². The number of benzene rings is 1. The van der Waals surface area contributed by atoms with Gasteiger partial charge in [0.2, 0.25) is 11.8 Å². The Balaban J connectivity index is 1.99. The van der Waals surface area contributed by atoms with Crippen LogP contribution in [0.3, 0.4) is 0 Å². The van der Waals surface area contributed by atoms with Crippen LogP contribution in [0.15, 0.2) is 24.3 Å². The number of hydrogen-bond donors (Lipinski definition) is 1. The summed E-state index contributed by atoms with van der Waals surface area (Å²) in [6.45, 7) is 2.18. The molecule has 0 spiro atoms. The van der Waals surface area contributed by atoms with E-state index >= 15 is 0 Å². The Hall–Kier alpha value is -2.25. The van der Waals surface area contributed by atoms with E-state index in [1.54, 1.807) is 4.90 Å². The monoisotopic (exact) mass is 344 g/mol. The summed E-state index contributed by atoms with van der Waals surface area (Å²) in [6.07, 6.45) is -3.35. The zero-order valence-corrected chi connectivity index (χ0v) is 13.2. The van der Waals surface area contributed by atoms with Crippen molar-refractivity contribution in [3.05, 3.63) is 29.8 Å². The molecular weight excluding hydrogens is 325 g/mol. The summed E-state index contributed by atoms with van der Waals surface area (Å²) in [5.41, 5.74) is 5.88. The molecule has 24 heavy (non-hydrogen) atoms. The highest BCUT2D eigenvalue weighted by atomic mass is 19.4. The van der Waals surface area contributed by atoms with Crippen LogP contribution in [0, 0.1) is 5.92 Å². The fourth-order valence-electron chi connectivity index (χ4n) is 2.77. The Labute approximate surface area is 137 Å². The molecule has 1 aliphatic heterocycles. The predicted octanol–water partition coefficient (Wildman–Crippen LogP) is 2.24. The first kappa shape index (κ1) is 18.1. The predicted molar refractivity (Wildman–Crippen MR) is 79.9 cm³/mol. The molecule has 0 aromatic heterocycles. The van der Waals surface area contributed by atoms with Gasteiger partial charge in [0.05, 0.1) is 12.3 Å². The van der Waals surface area contributed by atoms with E-state index in [9.17, 15) is 22.8 Å². The number of hydrogen-bond acceptors (Lipinski definition) is 3. The Morgan fingerprint density at radius 1 is 1.25 bits per heavy atom. The molecule has 1 saturated heterocycles. The van der Waals surface area contributed by atoms with Gasteiger partial charge in [-0.05, 0) is 37.5 Å². The SMILES string of the molecule is C[C@H]1CC[C@@H](C(N)=O)CN1C(=O)Cc1ccc(OC(F)(F)F)cc1. The number of nitrogens with zero attached hydrogens (tertiary/aromatic N) is 1. The number of halogens is 3. The number of carbonyl (C=O) groups excluding carboxylic acids is 2. The van der Waals surface area contributed by atoms with Crippen molar-refractivity contribution in [2.45, 2.75) is 38.6 Å². The maximum atomic E-state index is 12.4. The molecule has 0 saturated carbocycles. The Kier molecular flexibility index (Phi) is 5.36. The van der Waals surface area contributed by atoms with E-state index in [0.29, 0.717) is 18.4 Å². The van der Waals surface area contributed by atoms with E-state index < -0.39 is 12.3 Å². The number of rotatable bonds is 4. The molecule has 2 N–H and O–H groups in total. The van der Waals surface area contributed by atoms with Crippen LogP contribution in [0.25, 0.3) is 0 Å². The molecule has 5 nitrogen and oxygen atoms in total. The van der Waals surface area contributed by atoms with Gasteiger partial charge in [-0.3, -0.25) is 9.59 Å². The van der Waals surface area contributed by atoms with E-state index in [1.807, 2.05) is 6.92 Å². The number of amides is 2. The molecule has 132 valence electrons. The van der Waals surface area contributed by atoms with Gasteiger partial charge < -0.3 is 15.4 Å². The molecule has 1 aromatic carbocycles. The fourth-order valence-corrected chi connectivity index (χ4v) is 2.77. The number of ether oxygens (including phenoxy) is 1. The van der Waals surface area contributed by atoms with Crippen molar-refractivity contribution in [1.29, 1.82) is 0 Å². The molecular formula is C16H19F3N2O3. The van der Waals surface area contributed by atoms with Gasteiger partial charge in [0, 0.05) is 12.6 Å². The van der Waals surface area contributed by atoms with Crippen LogP contribution in [-0.4, -0.2) is 35.7 Å². The second-order valence-corrected chi connectivity index (χ2v) is 5.94. The van der Waals surface area contributed by atoms with E-state index in [1.165, 1.54) is 24.3 Å². The van der Waals surface area contributed by atoms with Gasteiger partial charge in [-0.2, -0.15) is 0 Å². The van der Waals surface area contributed by atoms with E-state index in [4.69, 9.17) is 5.73 Å². The minimum atomic E-state index is -4.75. The topological polar surface area (TPSA) is 72.6 Å². The minimum absolute atomic E-state index is 0.000867. The van der Waals surface area contributed by atoms with Crippen molar-refractivity contribution in [2.75, 3.05) is 6.54 Å². The van der Waals surface area contributed by atoms with Gasteiger partial charge in [0.1, 0.15) is 5.75 Å². The molecule has 8 heteroatoms. The van der Waals surface area contributed by atoms with Gasteiger partial charge in [-0.25, -0.2) is 0 Å². The molecule has 1 aliphatic rings. The second kappa shape index (κ2) is 7.11. The summed E-state index contributed by atoms with van der Waals surface area (Å²) in [4.78, 5) is 25.4. The maximum absolute atomic E-state index is 12.4. The van der Waals surface area contributed by atoms with Crippen LogP contribution in [0.2, 0.25) is 0 Å². The van der Waals surface area contributed by atoms with Gasteiger partial charge >= 0.3 is 6.36 Å². The van der Waals surface area contributed by atoms with Crippen LogP contribution in [0.5, 0.6) is 5.75 Å². The largest absolute Gasteiger partial charge is 0.573 e. The van der Waals surface area contributed by atoms with Crippen molar-refractivity contribution in [3.8, 4) is 5.75 Å². The number of piperidine rings is 1. The van der Waals surface area contributed by atoms with Crippen LogP contribution in [0.1, 0.15) is 25.3 Å². The quantitative estimate of drug-likeness (QED) is 0.910. The molecule has 1 fully saturated rings. The summed E-state index contributed by atoms with van der Waals surface area (Å²) in [5.74, 6) is -1.29. The van der Waals surface area contributed by atoms with Crippen LogP contribution >= 0.6 is 0 Å². The van der Waals surface area contributed by atoms with E-state index in [-0.39, 0.29) is 36.6 Å². The molecule has 0 unspecified atom stereocenters. The molecule has 2 atom stereocenters. The third-order valence-electron chi connectivity index (χ3n) is 4.12. The van der Waals surface area contributed by atoms with Crippen LogP contribution in [-0.2, 0) is 16.0 Å². The highest BCUT2D eigenvalue weighted by Gasteiger charge is 2.32. The number of likely N-dealkylation sites (tertiary alicyclic amines) is 1. The van der Waals surface area contributed by atoms with Crippen molar-refractivity contribution >= 4 is 11.8 Å². The third kappa shape index (κ3) is 4.87. The molecule has 2 amide bonds. The zero-order chi connectivity index (χ0) is 17.9. The second-order valence-electron chi connectivity index (χ2n) is 5.94. The van der Waals surface area contributed by atoms with Crippen LogP contribution in [0.4, 0.5) is 13.2 Å². The van der Waals surface area contributed by atoms with Gasteiger partial charge in [0.25, 0.3) is 0 Å². The van der Waals surface area contributed by atoms with Gasteiger partial charge in [0.15, 0.2) is 0 Å². The Morgan fingerprint density at radius 2 is 1.88 bits per heavy atom. The van der Waals surface area contributed by atoms with Crippen molar-refractivity contribution in [2.24, 2.45) is 11.7 Å². The zero-order valence-electron chi connectivity index (χ0n) is 13.2. The molecule has 0 aliphatic carbocycles. The van der Waals surface area contributed by atoms with Crippen molar-refractivity contribution < 1.29 is 27.5 Å². The van der Waals surface area contributed by atoms with Crippen molar-refractivity contribution in [1.82, 2.24) is 4.90 Å². The number of primary amides is 1. The van der Waals surface area contributed by atoms with E-state index in [2.05, 4.69) is 4.74 Å². The van der Waals surface area contributed by atoms with Gasteiger partial charge in [-0.1, -0.05) is 12.1 Å². The molecule has 1 heterocycles. The third-order valence-corrected chi connectivity index (χ3v) is 4.12. The minimum Gasteiger partial charge on any atom is -0.406 e. The lowest BCUT2D eigenvalue weighted by molar-refractivity contribution is -0.274. The normalized spacial score (nSPS) is 21.4. The maximum Gasteiger partial charge on any atom is 0.573 e. The number of carbonyl (C=O) groups is 2. The average Bonchev–Trinajstić information content (AvgIpc) is 2.48. The highest BCUT2D eigenvalue weighted by molar-refractivity contribution is 5.81. The molecule has 2 rings (SSSR count). The summed E-state index contributed by atoms with van der Waals surface area (Å²) in [7, 11) is 0. The van der Waals surface area contributed by atoms with Crippen molar-refractivity contribution in [3.63, 3.8) is 0 Å². The highest BCUT2D eigenvalue weighted by Crippen LogP contribution is 2.25. The summed E-state index contributed by atoms with van der Waals surface area (Å²) in [6, 6.07) is 5.17. The fraction of sp³-hybridized carbons (Fsp3) is 0.500. The smallest absolute Gasteiger partial charge is 0.406 e. The first-order chi connectivity index (χ1) is 11.2. The Bertz CT molecular complexity index is 602. The molecule has 1 aromatic rings. The summed E-state index contributed by atoms with van der Waals surface area (Å²) >= 11 is 0. The standard InChI is InChI=1S/C16H19F3N2O3/c1-10-2-5-12(15(20)23)9-21(10)14(22)8-11-3-6-13(7-4-11)24-16(17,18)19/h3-4,6-7,10,12H,2,5,8-9H2,1H3,(H2,20,23)/t10-,12+/m0/s1. The lowest BCUT2D eigenvalue weighted by atomic mass is 9.92. The summed E-state index contributed by atoms with van der Waals surface area (Å²) in [5, 5.41) is 0. The molecule has 0 radical (unpaired) electrons. The first-order valence-electron chi connectivity index (χ1n) is 7.59. The van der Waals surface area contributed by atoms with Crippen LogP contribution < -0.4 is 10.5 Å². The van der Waals surface area contributed by atoms with E-state index in [0.717, 1.165) is 0 Å². The molecule has 0 bridgehead atoms. The number of nitrogens with two attached hydrogens (primary N) is 1. The lowest BCUT2D eigenvalue weighted by Gasteiger charge is -2.37. The number of alkyl halides is 3. The lowest BCUT2D eigenvalue weighted by Crippen LogP contribution is -2.49.